The number of methoxy groups -OCH3 is 3. The molecule has 102 valence electrons. The average molecular weight is 341 g/mol. The van der Waals surface area contributed by atoms with E-state index in [-0.39, 0.29) is 12.4 Å². The molecule has 1 rings (SSSR count). The Kier molecular flexibility index (Phi) is 7.05. The fraction of sp³-hybridized carbons (Fsp3) is 0.364. The van der Waals surface area contributed by atoms with Crippen LogP contribution in [0.4, 0.5) is 0 Å². The zero-order valence-electron chi connectivity index (χ0n) is 10.2. The van der Waals surface area contributed by atoms with Gasteiger partial charge in [0.05, 0.1) is 21.3 Å². The van der Waals surface area contributed by atoms with Crippen molar-refractivity contribution < 1.29 is 19.0 Å². The number of carbonyl (C=O) groups excluding carboxylic acids is 1. The Morgan fingerprint density at radius 1 is 1.22 bits per heavy atom. The molecule has 0 fully saturated rings. The summed E-state index contributed by atoms with van der Waals surface area (Å²) in [5, 5.41) is 0. The monoisotopic (exact) mass is 339 g/mol. The number of rotatable bonds is 4. The number of esters is 1. The quantitative estimate of drug-likeness (QED) is 0.850. The van der Waals surface area contributed by atoms with Crippen molar-refractivity contribution in [2.45, 2.75) is 6.04 Å². The Balaban J connectivity index is 0.00000289. The molecule has 18 heavy (non-hydrogen) atoms. The van der Waals surface area contributed by atoms with E-state index in [1.807, 2.05) is 0 Å². The molecule has 0 heterocycles. The van der Waals surface area contributed by atoms with E-state index in [1.165, 1.54) is 21.3 Å². The van der Waals surface area contributed by atoms with Crippen LogP contribution in [0.3, 0.4) is 0 Å². The largest absolute Gasteiger partial charge is 0.493 e. The topological polar surface area (TPSA) is 70.8 Å². The zero-order valence-corrected chi connectivity index (χ0v) is 12.6. The minimum absolute atomic E-state index is 0. The van der Waals surface area contributed by atoms with Crippen molar-refractivity contribution >= 4 is 34.3 Å². The molecule has 0 bridgehead atoms. The minimum atomic E-state index is -0.866. The summed E-state index contributed by atoms with van der Waals surface area (Å²) in [6.45, 7) is 0. The molecule has 0 radical (unpaired) electrons. The highest BCUT2D eigenvalue weighted by Crippen LogP contribution is 2.35. The van der Waals surface area contributed by atoms with Gasteiger partial charge in [0.2, 0.25) is 0 Å². The van der Waals surface area contributed by atoms with Crippen LogP contribution in [0.5, 0.6) is 11.5 Å². The molecule has 7 heteroatoms. The van der Waals surface area contributed by atoms with Crippen LogP contribution in [-0.2, 0) is 9.53 Å². The lowest BCUT2D eigenvalue weighted by atomic mass is 10.1. The molecule has 1 aromatic rings. The molecule has 0 aliphatic rings. The van der Waals surface area contributed by atoms with E-state index in [0.29, 0.717) is 21.5 Å². The molecule has 1 aromatic carbocycles. The summed E-state index contributed by atoms with van der Waals surface area (Å²) >= 11 is 3.33. The predicted octanol–water partition coefficient (Wildman–Crippen LogP) is 2.06. The fourth-order valence-electron chi connectivity index (χ4n) is 1.36. The molecule has 0 saturated carbocycles. The van der Waals surface area contributed by atoms with Crippen LogP contribution in [0.25, 0.3) is 0 Å². The van der Waals surface area contributed by atoms with Crippen molar-refractivity contribution in [3.63, 3.8) is 0 Å². The van der Waals surface area contributed by atoms with Crippen LogP contribution in [0.15, 0.2) is 16.6 Å². The first-order valence-corrected chi connectivity index (χ1v) is 5.59. The lowest BCUT2D eigenvalue weighted by Crippen LogP contribution is -2.23. The maximum atomic E-state index is 11.4. The molecule has 0 aliphatic carbocycles. The van der Waals surface area contributed by atoms with E-state index in [4.69, 9.17) is 15.2 Å². The number of hydrogen-bond donors (Lipinski definition) is 1. The van der Waals surface area contributed by atoms with Crippen LogP contribution in [0, 0.1) is 0 Å². The fourth-order valence-corrected chi connectivity index (χ4v) is 1.93. The Morgan fingerprint density at radius 3 is 2.17 bits per heavy atom. The maximum absolute atomic E-state index is 11.4. The molecular weight excluding hydrogens is 325 g/mol. The second-order valence-electron chi connectivity index (χ2n) is 3.23. The number of nitrogens with two attached hydrogens (primary N) is 1. The van der Waals surface area contributed by atoms with E-state index in [9.17, 15) is 4.79 Å². The normalized spacial score (nSPS) is 11.2. The third-order valence-electron chi connectivity index (χ3n) is 2.29. The van der Waals surface area contributed by atoms with Gasteiger partial charge in [0, 0.05) is 4.47 Å². The first-order chi connectivity index (χ1) is 8.04. The number of benzene rings is 1. The molecule has 1 atom stereocenters. The molecule has 0 spiro atoms. The van der Waals surface area contributed by atoms with E-state index >= 15 is 0 Å². The van der Waals surface area contributed by atoms with Crippen LogP contribution in [-0.4, -0.2) is 27.3 Å². The Labute approximate surface area is 120 Å². The van der Waals surface area contributed by atoms with Crippen LogP contribution >= 0.6 is 28.3 Å². The van der Waals surface area contributed by atoms with Gasteiger partial charge in [-0.05, 0) is 17.7 Å². The van der Waals surface area contributed by atoms with Gasteiger partial charge < -0.3 is 19.9 Å². The summed E-state index contributed by atoms with van der Waals surface area (Å²) in [5.74, 6) is 0.545. The Hall–Kier alpha value is -0.980. The Bertz CT molecular complexity index is 428. The summed E-state index contributed by atoms with van der Waals surface area (Å²) in [4.78, 5) is 11.4. The van der Waals surface area contributed by atoms with Gasteiger partial charge in [-0.15, -0.1) is 12.4 Å². The maximum Gasteiger partial charge on any atom is 0.327 e. The number of carbonyl (C=O) groups is 1. The van der Waals surface area contributed by atoms with Gasteiger partial charge in [-0.1, -0.05) is 15.9 Å². The first kappa shape index (κ1) is 17.0. The van der Waals surface area contributed by atoms with E-state index in [0.717, 1.165) is 0 Å². The average Bonchev–Trinajstić information content (AvgIpc) is 2.36. The van der Waals surface area contributed by atoms with Crippen LogP contribution < -0.4 is 15.2 Å². The van der Waals surface area contributed by atoms with Crippen molar-refractivity contribution in [3.8, 4) is 11.5 Å². The number of halogens is 2. The highest BCUT2D eigenvalue weighted by molar-refractivity contribution is 9.10. The second-order valence-corrected chi connectivity index (χ2v) is 4.08. The zero-order chi connectivity index (χ0) is 13.0. The lowest BCUT2D eigenvalue weighted by molar-refractivity contribution is -0.142. The summed E-state index contributed by atoms with van der Waals surface area (Å²) in [7, 11) is 4.33. The summed E-state index contributed by atoms with van der Waals surface area (Å²) in [6.07, 6.45) is 0. The van der Waals surface area contributed by atoms with Crippen molar-refractivity contribution in [2.24, 2.45) is 5.73 Å². The van der Waals surface area contributed by atoms with Gasteiger partial charge in [-0.3, -0.25) is 4.79 Å². The third-order valence-corrected chi connectivity index (χ3v) is 2.98. The van der Waals surface area contributed by atoms with Crippen LogP contribution in [0.1, 0.15) is 11.6 Å². The van der Waals surface area contributed by atoms with Gasteiger partial charge in [-0.2, -0.15) is 0 Å². The highest BCUT2D eigenvalue weighted by atomic mass is 79.9. The van der Waals surface area contributed by atoms with Crippen molar-refractivity contribution in [1.82, 2.24) is 0 Å². The van der Waals surface area contributed by atoms with E-state index < -0.39 is 12.0 Å². The summed E-state index contributed by atoms with van der Waals surface area (Å²) < 4.78 is 15.5. The van der Waals surface area contributed by atoms with Gasteiger partial charge in [0.15, 0.2) is 11.5 Å². The van der Waals surface area contributed by atoms with Gasteiger partial charge in [-0.25, -0.2) is 0 Å². The summed E-state index contributed by atoms with van der Waals surface area (Å²) in [5.41, 5.74) is 6.34. The molecule has 0 saturated heterocycles. The highest BCUT2D eigenvalue weighted by Gasteiger charge is 2.21. The second kappa shape index (κ2) is 7.45. The molecule has 0 unspecified atom stereocenters. The first-order valence-electron chi connectivity index (χ1n) is 4.80. The van der Waals surface area contributed by atoms with Crippen molar-refractivity contribution in [3.05, 3.63) is 22.2 Å². The van der Waals surface area contributed by atoms with Crippen LogP contribution in [0.2, 0.25) is 0 Å². The third kappa shape index (κ3) is 3.51. The molecule has 0 aromatic heterocycles. The van der Waals surface area contributed by atoms with Gasteiger partial charge in [0.1, 0.15) is 6.04 Å². The molecule has 2 N–H and O–H groups in total. The smallest absolute Gasteiger partial charge is 0.327 e. The lowest BCUT2D eigenvalue weighted by Gasteiger charge is -2.15. The van der Waals surface area contributed by atoms with Crippen molar-refractivity contribution in [1.29, 1.82) is 0 Å². The molecule has 5 nitrogen and oxygen atoms in total. The van der Waals surface area contributed by atoms with Gasteiger partial charge >= 0.3 is 5.97 Å². The van der Waals surface area contributed by atoms with Crippen molar-refractivity contribution in [2.75, 3.05) is 21.3 Å². The van der Waals surface area contributed by atoms with E-state index in [1.54, 1.807) is 12.1 Å². The number of ether oxygens (including phenoxy) is 3. The number of hydrogen-bond acceptors (Lipinski definition) is 5. The summed E-state index contributed by atoms with van der Waals surface area (Å²) in [6, 6.07) is 2.47. The Morgan fingerprint density at radius 2 is 1.72 bits per heavy atom. The molecule has 0 aliphatic heterocycles. The molecule has 0 amide bonds. The van der Waals surface area contributed by atoms with E-state index in [2.05, 4.69) is 20.7 Å². The predicted molar refractivity (Wildman–Crippen MR) is 73.4 cm³/mol. The molecular formula is C11H15BrClNO4. The SMILES string of the molecule is COC(=O)[C@@H](N)c1cc(OC)c(OC)cc1Br.Cl. The van der Waals surface area contributed by atoms with Gasteiger partial charge in [0.25, 0.3) is 0 Å². The minimum Gasteiger partial charge on any atom is -0.493 e. The standard InChI is InChI=1S/C11H14BrNO4.ClH/c1-15-8-4-6(10(13)11(14)17-3)7(12)5-9(8)16-2;/h4-5,10H,13H2,1-3H3;1H/t10-;/m0./s1.